The standard InChI is InChI=1S/C20H20N4/c1-3-13-21-20-23-18(16-10-5-4-6-11-16)14-19(24-20)22-17-12-8-7-9-15(17)2/h3-12,14H,1,13H2,2H3,(H2,21,22,23,24). The summed E-state index contributed by atoms with van der Waals surface area (Å²) in [6.45, 7) is 6.41. The van der Waals surface area contributed by atoms with Gasteiger partial charge in [-0.05, 0) is 18.6 Å². The number of nitrogens with one attached hydrogen (secondary N) is 2. The first kappa shape index (κ1) is 15.7. The number of hydrogen-bond donors (Lipinski definition) is 2. The van der Waals surface area contributed by atoms with Crippen LogP contribution in [0.25, 0.3) is 11.3 Å². The third-order valence-corrected chi connectivity index (χ3v) is 3.61. The molecule has 0 amide bonds. The average molecular weight is 316 g/mol. The summed E-state index contributed by atoms with van der Waals surface area (Å²) in [5, 5.41) is 6.55. The predicted octanol–water partition coefficient (Wildman–Crippen LogP) is 4.79. The van der Waals surface area contributed by atoms with Crippen LogP contribution in [0.1, 0.15) is 5.56 Å². The quantitative estimate of drug-likeness (QED) is 0.642. The van der Waals surface area contributed by atoms with Crippen LogP contribution in [0.15, 0.2) is 73.3 Å². The SMILES string of the molecule is C=CCNc1nc(Nc2ccccc2C)cc(-c2ccccc2)n1. The Hall–Kier alpha value is -3.14. The van der Waals surface area contributed by atoms with Gasteiger partial charge in [-0.15, -0.1) is 6.58 Å². The molecule has 0 saturated carbocycles. The number of para-hydroxylation sites is 1. The van der Waals surface area contributed by atoms with Crippen LogP contribution in [-0.4, -0.2) is 16.5 Å². The fraction of sp³-hybridized carbons (Fsp3) is 0.100. The summed E-state index contributed by atoms with van der Waals surface area (Å²) in [4.78, 5) is 9.15. The van der Waals surface area contributed by atoms with Gasteiger partial charge in [0.25, 0.3) is 0 Å². The van der Waals surface area contributed by atoms with E-state index in [0.29, 0.717) is 12.5 Å². The molecule has 0 spiro atoms. The van der Waals surface area contributed by atoms with Crippen LogP contribution in [0, 0.1) is 6.92 Å². The molecule has 1 heterocycles. The number of aryl methyl sites for hydroxylation is 1. The van der Waals surface area contributed by atoms with Crippen molar-refractivity contribution in [2.45, 2.75) is 6.92 Å². The lowest BCUT2D eigenvalue weighted by Crippen LogP contribution is -2.06. The van der Waals surface area contributed by atoms with Crippen LogP contribution in [0.2, 0.25) is 0 Å². The lowest BCUT2D eigenvalue weighted by molar-refractivity contribution is 1.12. The van der Waals surface area contributed by atoms with Crippen molar-refractivity contribution >= 4 is 17.5 Å². The number of anilines is 3. The van der Waals surface area contributed by atoms with Gasteiger partial charge in [-0.3, -0.25) is 0 Å². The molecule has 0 unspecified atom stereocenters. The van der Waals surface area contributed by atoms with E-state index < -0.39 is 0 Å². The van der Waals surface area contributed by atoms with Gasteiger partial charge in [-0.25, -0.2) is 4.98 Å². The van der Waals surface area contributed by atoms with Crippen molar-refractivity contribution < 1.29 is 0 Å². The Morgan fingerprint density at radius 3 is 2.50 bits per heavy atom. The van der Waals surface area contributed by atoms with Gasteiger partial charge in [0, 0.05) is 23.9 Å². The molecule has 0 aliphatic rings. The van der Waals surface area contributed by atoms with Gasteiger partial charge in [0.15, 0.2) is 0 Å². The second-order valence-electron chi connectivity index (χ2n) is 5.44. The largest absolute Gasteiger partial charge is 0.351 e. The van der Waals surface area contributed by atoms with E-state index in [1.807, 2.05) is 54.6 Å². The van der Waals surface area contributed by atoms with Gasteiger partial charge in [-0.1, -0.05) is 54.6 Å². The minimum absolute atomic E-state index is 0.576. The van der Waals surface area contributed by atoms with E-state index in [1.54, 1.807) is 6.08 Å². The maximum absolute atomic E-state index is 4.60. The normalized spacial score (nSPS) is 10.2. The van der Waals surface area contributed by atoms with Crippen molar-refractivity contribution in [1.29, 1.82) is 0 Å². The van der Waals surface area contributed by atoms with E-state index in [1.165, 1.54) is 0 Å². The van der Waals surface area contributed by atoms with Gasteiger partial charge in [0.1, 0.15) is 5.82 Å². The number of aromatic nitrogens is 2. The molecule has 0 atom stereocenters. The molecule has 0 radical (unpaired) electrons. The first-order valence-corrected chi connectivity index (χ1v) is 7.88. The number of hydrogen-bond acceptors (Lipinski definition) is 4. The predicted molar refractivity (Wildman–Crippen MR) is 101 cm³/mol. The zero-order valence-corrected chi connectivity index (χ0v) is 13.7. The molecule has 120 valence electrons. The molecule has 0 bridgehead atoms. The van der Waals surface area contributed by atoms with Crippen LogP contribution < -0.4 is 10.6 Å². The van der Waals surface area contributed by atoms with Gasteiger partial charge < -0.3 is 10.6 Å². The molecule has 24 heavy (non-hydrogen) atoms. The molecule has 3 aromatic rings. The van der Waals surface area contributed by atoms with Gasteiger partial charge in [0.05, 0.1) is 5.69 Å². The Labute approximate surface area is 142 Å². The van der Waals surface area contributed by atoms with Crippen molar-refractivity contribution in [1.82, 2.24) is 9.97 Å². The highest BCUT2D eigenvalue weighted by atomic mass is 15.1. The molecule has 2 aromatic carbocycles. The highest BCUT2D eigenvalue weighted by Crippen LogP contribution is 2.24. The molecule has 2 N–H and O–H groups in total. The van der Waals surface area contributed by atoms with E-state index in [9.17, 15) is 0 Å². The Bertz CT molecular complexity index is 828. The molecule has 4 heteroatoms. The van der Waals surface area contributed by atoms with Gasteiger partial charge >= 0.3 is 0 Å². The first-order valence-electron chi connectivity index (χ1n) is 7.88. The number of rotatable bonds is 6. The number of nitrogens with zero attached hydrogens (tertiary/aromatic N) is 2. The molecule has 1 aromatic heterocycles. The first-order chi connectivity index (χ1) is 11.8. The average Bonchev–Trinajstić information content (AvgIpc) is 2.62. The third-order valence-electron chi connectivity index (χ3n) is 3.61. The van der Waals surface area contributed by atoms with E-state index in [0.717, 1.165) is 28.3 Å². The Morgan fingerprint density at radius 2 is 1.75 bits per heavy atom. The third kappa shape index (κ3) is 3.79. The molecule has 0 saturated heterocycles. The Balaban J connectivity index is 1.98. The molecular weight excluding hydrogens is 296 g/mol. The minimum atomic E-state index is 0.576. The number of benzene rings is 2. The smallest absolute Gasteiger partial charge is 0.225 e. The fourth-order valence-corrected chi connectivity index (χ4v) is 2.36. The summed E-state index contributed by atoms with van der Waals surface area (Å²) < 4.78 is 0. The summed E-state index contributed by atoms with van der Waals surface area (Å²) in [5.41, 5.74) is 4.12. The fourth-order valence-electron chi connectivity index (χ4n) is 2.36. The molecule has 0 aliphatic carbocycles. The van der Waals surface area contributed by atoms with E-state index in [4.69, 9.17) is 0 Å². The maximum Gasteiger partial charge on any atom is 0.225 e. The van der Waals surface area contributed by atoms with Crippen molar-refractivity contribution in [2.75, 3.05) is 17.2 Å². The molecule has 0 aliphatic heterocycles. The maximum atomic E-state index is 4.60. The van der Waals surface area contributed by atoms with Gasteiger partial charge in [-0.2, -0.15) is 4.98 Å². The zero-order chi connectivity index (χ0) is 16.8. The van der Waals surface area contributed by atoms with Crippen molar-refractivity contribution in [2.24, 2.45) is 0 Å². The van der Waals surface area contributed by atoms with Crippen LogP contribution in [-0.2, 0) is 0 Å². The minimum Gasteiger partial charge on any atom is -0.351 e. The van der Waals surface area contributed by atoms with Crippen molar-refractivity contribution in [3.8, 4) is 11.3 Å². The van der Waals surface area contributed by atoms with Crippen molar-refractivity contribution in [3.63, 3.8) is 0 Å². The highest BCUT2D eigenvalue weighted by Gasteiger charge is 2.07. The summed E-state index contributed by atoms with van der Waals surface area (Å²) in [7, 11) is 0. The van der Waals surface area contributed by atoms with Crippen LogP contribution in [0.4, 0.5) is 17.5 Å². The van der Waals surface area contributed by atoms with Crippen LogP contribution in [0.3, 0.4) is 0 Å². The topological polar surface area (TPSA) is 49.8 Å². The lowest BCUT2D eigenvalue weighted by atomic mass is 10.1. The monoisotopic (exact) mass is 316 g/mol. The zero-order valence-electron chi connectivity index (χ0n) is 13.7. The molecule has 0 fully saturated rings. The molecule has 3 rings (SSSR count). The second kappa shape index (κ2) is 7.42. The van der Waals surface area contributed by atoms with Crippen LogP contribution >= 0.6 is 0 Å². The Morgan fingerprint density at radius 1 is 1.00 bits per heavy atom. The van der Waals surface area contributed by atoms with E-state index in [-0.39, 0.29) is 0 Å². The highest BCUT2D eigenvalue weighted by molar-refractivity contribution is 5.68. The molecule has 4 nitrogen and oxygen atoms in total. The van der Waals surface area contributed by atoms with Gasteiger partial charge in [0.2, 0.25) is 5.95 Å². The summed E-state index contributed by atoms with van der Waals surface area (Å²) >= 11 is 0. The summed E-state index contributed by atoms with van der Waals surface area (Å²) in [6, 6.07) is 20.2. The lowest BCUT2D eigenvalue weighted by Gasteiger charge is -2.12. The molecular formula is C20H20N4. The van der Waals surface area contributed by atoms with E-state index >= 15 is 0 Å². The second-order valence-corrected chi connectivity index (χ2v) is 5.44. The Kier molecular flexibility index (Phi) is 4.87. The van der Waals surface area contributed by atoms with E-state index in [2.05, 4.69) is 40.2 Å². The summed E-state index contributed by atoms with van der Waals surface area (Å²) in [6.07, 6.45) is 1.78. The van der Waals surface area contributed by atoms with Crippen molar-refractivity contribution in [3.05, 3.63) is 78.9 Å². The summed E-state index contributed by atoms with van der Waals surface area (Å²) in [5.74, 6) is 1.33. The van der Waals surface area contributed by atoms with Crippen LogP contribution in [0.5, 0.6) is 0 Å².